The summed E-state index contributed by atoms with van der Waals surface area (Å²) in [7, 11) is 0. The zero-order chi connectivity index (χ0) is 14.1. The number of carboxylic acid groups (broad SMARTS) is 1. The third kappa shape index (κ3) is 1.95. The molecule has 0 unspecified atom stereocenters. The summed E-state index contributed by atoms with van der Waals surface area (Å²) < 4.78 is 5.31. The summed E-state index contributed by atoms with van der Waals surface area (Å²) in [5.74, 6) is -2.75. The van der Waals surface area contributed by atoms with Crippen LogP contribution >= 0.6 is 0 Å². The molecule has 0 N–H and O–H groups in total. The van der Waals surface area contributed by atoms with E-state index in [0.717, 1.165) is 0 Å². The summed E-state index contributed by atoms with van der Waals surface area (Å²) in [5, 5.41) is 11.5. The van der Waals surface area contributed by atoms with Crippen molar-refractivity contribution < 1.29 is 19.4 Å². The van der Waals surface area contributed by atoms with E-state index in [2.05, 4.69) is 0 Å². The highest BCUT2D eigenvalue weighted by molar-refractivity contribution is 5.95. The molecule has 0 aromatic heterocycles. The Labute approximate surface area is 115 Å². The van der Waals surface area contributed by atoms with E-state index in [1.165, 1.54) is 0 Å². The summed E-state index contributed by atoms with van der Waals surface area (Å²) in [6.45, 7) is 0. The Balaban J connectivity index is 2.14. The molecule has 0 amide bonds. The van der Waals surface area contributed by atoms with Crippen LogP contribution in [0.2, 0.25) is 0 Å². The lowest BCUT2D eigenvalue weighted by molar-refractivity contribution is -0.310. The van der Waals surface area contributed by atoms with Gasteiger partial charge in [-0.05, 0) is 17.2 Å². The highest BCUT2D eigenvalue weighted by Crippen LogP contribution is 2.40. The SMILES string of the molecule is O=C1O[C@@H](c2ccccc2)[C@H](C(=O)[O-])c2ccccc21. The average molecular weight is 267 g/mol. The van der Waals surface area contributed by atoms with Crippen molar-refractivity contribution in [3.05, 3.63) is 71.3 Å². The number of ether oxygens (including phenoxy) is 1. The van der Waals surface area contributed by atoms with Gasteiger partial charge < -0.3 is 14.6 Å². The lowest BCUT2D eigenvalue weighted by Crippen LogP contribution is -2.38. The van der Waals surface area contributed by atoms with Gasteiger partial charge in [-0.2, -0.15) is 0 Å². The summed E-state index contributed by atoms with van der Waals surface area (Å²) >= 11 is 0. The zero-order valence-electron chi connectivity index (χ0n) is 10.5. The van der Waals surface area contributed by atoms with E-state index >= 15 is 0 Å². The van der Waals surface area contributed by atoms with Gasteiger partial charge >= 0.3 is 5.97 Å². The Hall–Kier alpha value is -2.62. The van der Waals surface area contributed by atoms with E-state index in [-0.39, 0.29) is 5.56 Å². The molecule has 0 spiro atoms. The van der Waals surface area contributed by atoms with Crippen LogP contribution in [0, 0.1) is 0 Å². The predicted octanol–water partition coefficient (Wildman–Crippen LogP) is 1.43. The summed E-state index contributed by atoms with van der Waals surface area (Å²) in [6, 6.07) is 15.4. The van der Waals surface area contributed by atoms with E-state index in [0.29, 0.717) is 11.1 Å². The Morgan fingerprint density at radius 1 is 1.00 bits per heavy atom. The van der Waals surface area contributed by atoms with E-state index in [1.807, 2.05) is 6.07 Å². The number of carbonyl (C=O) groups excluding carboxylic acids is 2. The van der Waals surface area contributed by atoms with Gasteiger partial charge in [-0.1, -0.05) is 48.5 Å². The maximum atomic E-state index is 12.0. The number of carboxylic acids is 1. The fourth-order valence-electron chi connectivity index (χ4n) is 2.52. The lowest BCUT2D eigenvalue weighted by Gasteiger charge is -2.33. The van der Waals surface area contributed by atoms with Crippen molar-refractivity contribution in [1.29, 1.82) is 0 Å². The van der Waals surface area contributed by atoms with E-state index < -0.39 is 24.0 Å². The predicted molar refractivity (Wildman–Crippen MR) is 68.8 cm³/mol. The highest BCUT2D eigenvalue weighted by Gasteiger charge is 2.37. The van der Waals surface area contributed by atoms with Crippen LogP contribution in [-0.2, 0) is 9.53 Å². The van der Waals surface area contributed by atoms with Gasteiger partial charge in [0.25, 0.3) is 0 Å². The number of cyclic esters (lactones) is 1. The second-order valence-corrected chi connectivity index (χ2v) is 4.62. The molecule has 1 heterocycles. The van der Waals surface area contributed by atoms with Crippen LogP contribution in [0.5, 0.6) is 0 Å². The number of hydrogen-bond donors (Lipinski definition) is 0. The second kappa shape index (κ2) is 4.81. The van der Waals surface area contributed by atoms with Gasteiger partial charge in [-0.25, -0.2) is 4.79 Å². The number of aliphatic carboxylic acids is 1. The maximum Gasteiger partial charge on any atom is 0.339 e. The number of carbonyl (C=O) groups is 2. The molecule has 4 heteroatoms. The van der Waals surface area contributed by atoms with Gasteiger partial charge in [-0.3, -0.25) is 0 Å². The average Bonchev–Trinajstić information content (AvgIpc) is 2.47. The third-order valence-corrected chi connectivity index (χ3v) is 3.43. The van der Waals surface area contributed by atoms with Gasteiger partial charge in [0.05, 0.1) is 17.5 Å². The molecule has 2 atom stereocenters. The van der Waals surface area contributed by atoms with Crippen LogP contribution in [0.15, 0.2) is 54.6 Å². The third-order valence-electron chi connectivity index (χ3n) is 3.43. The van der Waals surface area contributed by atoms with Gasteiger partial charge in [0.2, 0.25) is 0 Å². The minimum absolute atomic E-state index is 0.286. The Morgan fingerprint density at radius 3 is 2.35 bits per heavy atom. The van der Waals surface area contributed by atoms with E-state index in [9.17, 15) is 14.7 Å². The summed E-state index contributed by atoms with van der Waals surface area (Å²) in [6.07, 6.45) is -0.858. The molecule has 2 aromatic carbocycles. The fourth-order valence-corrected chi connectivity index (χ4v) is 2.52. The van der Waals surface area contributed by atoms with Crippen LogP contribution in [0.3, 0.4) is 0 Å². The van der Waals surface area contributed by atoms with Crippen LogP contribution < -0.4 is 5.11 Å². The monoisotopic (exact) mass is 267 g/mol. The molecule has 0 aliphatic carbocycles. The van der Waals surface area contributed by atoms with Crippen molar-refractivity contribution in [2.24, 2.45) is 0 Å². The number of hydrogen-bond acceptors (Lipinski definition) is 4. The van der Waals surface area contributed by atoms with Crippen molar-refractivity contribution in [3.63, 3.8) is 0 Å². The number of fused-ring (bicyclic) bond motifs is 1. The molecule has 4 nitrogen and oxygen atoms in total. The zero-order valence-corrected chi connectivity index (χ0v) is 10.5. The molecule has 100 valence electrons. The Morgan fingerprint density at radius 2 is 1.65 bits per heavy atom. The molecule has 0 bridgehead atoms. The number of esters is 1. The van der Waals surface area contributed by atoms with Crippen LogP contribution in [0.25, 0.3) is 0 Å². The molecule has 0 radical (unpaired) electrons. The van der Waals surface area contributed by atoms with Crippen molar-refractivity contribution in [3.8, 4) is 0 Å². The maximum absolute atomic E-state index is 12.0. The minimum Gasteiger partial charge on any atom is -0.549 e. The second-order valence-electron chi connectivity index (χ2n) is 4.62. The first-order valence-electron chi connectivity index (χ1n) is 6.24. The molecule has 0 fully saturated rings. The smallest absolute Gasteiger partial charge is 0.339 e. The van der Waals surface area contributed by atoms with Crippen molar-refractivity contribution in [2.45, 2.75) is 12.0 Å². The van der Waals surface area contributed by atoms with Crippen LogP contribution in [0.1, 0.15) is 33.5 Å². The largest absolute Gasteiger partial charge is 0.549 e. The Kier molecular flexibility index (Phi) is 2.99. The van der Waals surface area contributed by atoms with Crippen molar-refractivity contribution >= 4 is 11.9 Å². The highest BCUT2D eigenvalue weighted by atomic mass is 16.5. The first-order valence-corrected chi connectivity index (χ1v) is 6.24. The molecular weight excluding hydrogens is 256 g/mol. The quantitative estimate of drug-likeness (QED) is 0.772. The van der Waals surface area contributed by atoms with Crippen molar-refractivity contribution in [2.75, 3.05) is 0 Å². The molecule has 0 saturated carbocycles. The number of benzene rings is 2. The van der Waals surface area contributed by atoms with Crippen LogP contribution in [0.4, 0.5) is 0 Å². The molecular formula is C16H11O4-. The number of rotatable bonds is 2. The molecule has 2 aromatic rings. The minimum atomic E-state index is -1.25. The van der Waals surface area contributed by atoms with E-state index in [1.54, 1.807) is 48.5 Å². The first kappa shape index (κ1) is 12.4. The van der Waals surface area contributed by atoms with Gasteiger partial charge in [0.1, 0.15) is 6.10 Å². The molecule has 3 rings (SSSR count). The molecule has 20 heavy (non-hydrogen) atoms. The Bertz CT molecular complexity index is 663. The van der Waals surface area contributed by atoms with E-state index in [4.69, 9.17) is 4.74 Å². The normalized spacial score (nSPS) is 20.9. The topological polar surface area (TPSA) is 66.4 Å². The molecule has 1 aliphatic rings. The van der Waals surface area contributed by atoms with Crippen LogP contribution in [-0.4, -0.2) is 11.9 Å². The van der Waals surface area contributed by atoms with Gasteiger partial charge in [0.15, 0.2) is 0 Å². The van der Waals surface area contributed by atoms with Gasteiger partial charge in [-0.15, -0.1) is 0 Å². The lowest BCUT2D eigenvalue weighted by atomic mass is 9.84. The first-order chi connectivity index (χ1) is 9.68. The molecule has 0 saturated heterocycles. The van der Waals surface area contributed by atoms with Crippen molar-refractivity contribution in [1.82, 2.24) is 0 Å². The standard InChI is InChI=1S/C16H12O4/c17-15(18)13-11-8-4-5-9-12(11)16(19)20-14(13)10-6-2-1-3-7-10/h1-9,13-14H,(H,17,18)/p-1/t13-,14+/m1/s1. The fraction of sp³-hybridized carbons (Fsp3) is 0.125. The molecule has 1 aliphatic heterocycles. The summed E-state index contributed by atoms with van der Waals surface area (Å²) in [4.78, 5) is 23.5. The van der Waals surface area contributed by atoms with Gasteiger partial charge in [0, 0.05) is 0 Å². The summed E-state index contributed by atoms with van der Waals surface area (Å²) in [5.41, 5.74) is 1.37.